The average molecular weight is 485 g/mol. The van der Waals surface area contributed by atoms with Crippen LogP contribution in [0.3, 0.4) is 0 Å². The van der Waals surface area contributed by atoms with Crippen molar-refractivity contribution in [2.24, 2.45) is 16.7 Å². The van der Waals surface area contributed by atoms with Crippen LogP contribution in [0, 0.1) is 62.1 Å². The Bertz CT molecular complexity index is 1480. The van der Waals surface area contributed by atoms with Crippen molar-refractivity contribution in [3.8, 4) is 24.3 Å². The van der Waals surface area contributed by atoms with Gasteiger partial charge in [0.05, 0.1) is 24.3 Å². The molecule has 1 aliphatic carbocycles. The molecule has 5 rings (SSSR count). The highest BCUT2D eigenvalue weighted by Crippen LogP contribution is 2.66. The molecule has 2 heterocycles. The first-order valence-electron chi connectivity index (χ1n) is 10.8. The number of fused-ring (bicyclic) bond motifs is 1. The Labute approximate surface area is 212 Å². The van der Waals surface area contributed by atoms with Crippen LogP contribution < -0.4 is 0 Å². The van der Waals surface area contributed by atoms with Crippen LogP contribution in [0.1, 0.15) is 16.0 Å². The summed E-state index contributed by atoms with van der Waals surface area (Å²) in [6.45, 7) is 0. The van der Waals surface area contributed by atoms with Crippen LogP contribution in [0.25, 0.3) is 11.1 Å². The van der Waals surface area contributed by atoms with E-state index in [2.05, 4.69) is 24.3 Å². The Balaban J connectivity index is 2.08. The molecule has 0 spiro atoms. The molecule has 4 nitrogen and oxygen atoms in total. The molecule has 164 valence electrons. The van der Waals surface area contributed by atoms with Crippen molar-refractivity contribution in [2.45, 2.75) is 0 Å². The first kappa shape index (κ1) is 22.5. The molecule has 0 amide bonds. The van der Waals surface area contributed by atoms with Crippen molar-refractivity contribution in [3.05, 3.63) is 116 Å². The van der Waals surface area contributed by atoms with E-state index in [1.807, 2.05) is 83.6 Å². The predicted molar refractivity (Wildman–Crippen MR) is 138 cm³/mol. The number of nitriles is 4. The Morgan fingerprint density at radius 1 is 0.743 bits per heavy atom. The number of allylic oxidation sites excluding steroid dienone is 4. The summed E-state index contributed by atoms with van der Waals surface area (Å²) in [5.41, 5.74) is -0.516. The maximum absolute atomic E-state index is 10.7. The van der Waals surface area contributed by atoms with E-state index in [9.17, 15) is 21.0 Å². The SMILES string of the molecule is N#CC1(C#N)C(=C(c2ccccc2)c2ccccc2)C(c2cccs2)=C2SC=CC2C1(C#N)C#N. The first-order valence-corrected chi connectivity index (χ1v) is 12.6. The number of nitrogens with zero attached hydrogens (tertiary/aromatic N) is 4. The molecule has 1 unspecified atom stereocenters. The van der Waals surface area contributed by atoms with Gasteiger partial charge in [-0.3, -0.25) is 0 Å². The van der Waals surface area contributed by atoms with E-state index in [0.29, 0.717) is 11.1 Å². The van der Waals surface area contributed by atoms with Gasteiger partial charge in [0.15, 0.2) is 5.41 Å². The topological polar surface area (TPSA) is 95.2 Å². The van der Waals surface area contributed by atoms with Crippen LogP contribution in [0.5, 0.6) is 0 Å². The maximum Gasteiger partial charge on any atom is 0.202 e. The van der Waals surface area contributed by atoms with E-state index in [4.69, 9.17) is 0 Å². The standard InChI is InChI=1S/C29H16N4S2/c30-16-28(17-31)22-13-15-35-27(22)25(23-12-7-14-34-23)26(29(28,18-32)19-33)24(20-8-3-1-4-9-20)21-10-5-2-6-11-21/h1-15,22H. The van der Waals surface area contributed by atoms with Crippen molar-refractivity contribution in [3.63, 3.8) is 0 Å². The highest BCUT2D eigenvalue weighted by Gasteiger charge is 2.66. The fraction of sp³-hybridized carbons (Fsp3) is 0.103. The highest BCUT2D eigenvalue weighted by atomic mass is 32.2. The van der Waals surface area contributed by atoms with E-state index in [-0.39, 0.29) is 0 Å². The van der Waals surface area contributed by atoms with Gasteiger partial charge in [-0.25, -0.2) is 0 Å². The molecule has 6 heteroatoms. The number of thioether (sulfide) groups is 1. The molecular formula is C29H16N4S2. The summed E-state index contributed by atoms with van der Waals surface area (Å²) in [5.74, 6) is -0.685. The Morgan fingerprint density at radius 3 is 1.83 bits per heavy atom. The monoisotopic (exact) mass is 484 g/mol. The number of hydrogen-bond acceptors (Lipinski definition) is 6. The second kappa shape index (κ2) is 8.79. The Kier molecular flexibility index (Phi) is 5.64. The Hall–Kier alpha value is -4.33. The van der Waals surface area contributed by atoms with Crippen LogP contribution in [0.4, 0.5) is 0 Å². The smallest absolute Gasteiger partial charge is 0.196 e. The van der Waals surface area contributed by atoms with Crippen LogP contribution in [-0.4, -0.2) is 0 Å². The lowest BCUT2D eigenvalue weighted by Crippen LogP contribution is -2.48. The first-order chi connectivity index (χ1) is 17.2. The lowest BCUT2D eigenvalue weighted by atomic mass is 9.51. The highest BCUT2D eigenvalue weighted by molar-refractivity contribution is 8.06. The summed E-state index contributed by atoms with van der Waals surface area (Å²) in [6.07, 6.45) is 1.78. The van der Waals surface area contributed by atoms with E-state index < -0.39 is 16.7 Å². The summed E-state index contributed by atoms with van der Waals surface area (Å²) < 4.78 is 0. The van der Waals surface area contributed by atoms with Crippen molar-refractivity contribution in [1.29, 1.82) is 21.0 Å². The second-order valence-electron chi connectivity index (χ2n) is 8.13. The lowest BCUT2D eigenvalue weighted by molar-refractivity contribution is 0.294. The normalized spacial score (nSPS) is 19.1. The third-order valence-electron chi connectivity index (χ3n) is 6.51. The van der Waals surface area contributed by atoms with Gasteiger partial charge in [-0.05, 0) is 33.6 Å². The van der Waals surface area contributed by atoms with E-state index in [1.54, 1.807) is 6.08 Å². The second-order valence-corrected chi connectivity index (χ2v) is 10.0. The number of rotatable bonds is 3. The van der Waals surface area contributed by atoms with Gasteiger partial charge in [0.1, 0.15) is 0 Å². The summed E-state index contributed by atoms with van der Waals surface area (Å²) in [5, 5.41) is 46.2. The summed E-state index contributed by atoms with van der Waals surface area (Å²) >= 11 is 2.96. The van der Waals surface area contributed by atoms with Crippen LogP contribution in [0.15, 0.2) is 100 Å². The van der Waals surface area contributed by atoms with Gasteiger partial charge in [-0.15, -0.1) is 23.1 Å². The molecule has 0 bridgehead atoms. The molecule has 0 saturated carbocycles. The van der Waals surface area contributed by atoms with Gasteiger partial charge in [0, 0.05) is 26.8 Å². The van der Waals surface area contributed by atoms with Crippen molar-refractivity contribution in [2.75, 3.05) is 0 Å². The minimum absolute atomic E-state index is 0.410. The summed E-state index contributed by atoms with van der Waals surface area (Å²) in [4.78, 5) is 1.70. The minimum atomic E-state index is -2.04. The zero-order valence-electron chi connectivity index (χ0n) is 18.3. The van der Waals surface area contributed by atoms with Gasteiger partial charge >= 0.3 is 0 Å². The molecule has 0 saturated heterocycles. The van der Waals surface area contributed by atoms with Crippen LogP contribution >= 0.6 is 23.1 Å². The van der Waals surface area contributed by atoms with Crippen LogP contribution in [0.2, 0.25) is 0 Å². The molecule has 1 aliphatic heterocycles. The third kappa shape index (κ3) is 3.10. The molecule has 0 N–H and O–H groups in total. The van der Waals surface area contributed by atoms with Gasteiger partial charge < -0.3 is 0 Å². The number of benzene rings is 2. The van der Waals surface area contributed by atoms with Crippen molar-refractivity contribution in [1.82, 2.24) is 0 Å². The van der Waals surface area contributed by atoms with Crippen LogP contribution in [-0.2, 0) is 0 Å². The molecule has 2 aromatic carbocycles. The molecule has 3 aromatic rings. The molecular weight excluding hydrogens is 468 g/mol. The quantitative estimate of drug-likeness (QED) is 0.402. The lowest BCUT2D eigenvalue weighted by Gasteiger charge is -2.44. The van der Waals surface area contributed by atoms with Gasteiger partial charge in [-0.1, -0.05) is 72.8 Å². The maximum atomic E-state index is 10.7. The number of hydrogen-bond donors (Lipinski definition) is 0. The zero-order valence-corrected chi connectivity index (χ0v) is 20.0. The molecule has 0 fully saturated rings. The van der Waals surface area contributed by atoms with Gasteiger partial charge in [0.2, 0.25) is 5.41 Å². The minimum Gasteiger partial charge on any atom is -0.196 e. The van der Waals surface area contributed by atoms with E-state index in [1.165, 1.54) is 23.1 Å². The zero-order chi connectivity index (χ0) is 24.5. The average Bonchev–Trinajstić information content (AvgIpc) is 3.63. The summed E-state index contributed by atoms with van der Waals surface area (Å²) in [6, 6.07) is 31.7. The van der Waals surface area contributed by atoms with E-state index >= 15 is 0 Å². The fourth-order valence-corrected chi connectivity index (χ4v) is 6.91. The van der Waals surface area contributed by atoms with Gasteiger partial charge in [-0.2, -0.15) is 21.0 Å². The predicted octanol–water partition coefficient (Wildman–Crippen LogP) is 6.92. The molecule has 2 aliphatic rings. The van der Waals surface area contributed by atoms with Crippen molar-refractivity contribution >= 4 is 34.2 Å². The number of thiophene rings is 1. The molecule has 1 atom stereocenters. The fourth-order valence-electron chi connectivity index (χ4n) is 4.94. The van der Waals surface area contributed by atoms with Gasteiger partial charge in [0.25, 0.3) is 0 Å². The van der Waals surface area contributed by atoms with Crippen molar-refractivity contribution < 1.29 is 0 Å². The molecule has 35 heavy (non-hydrogen) atoms. The Morgan fingerprint density at radius 2 is 1.34 bits per heavy atom. The molecule has 0 radical (unpaired) electrons. The largest absolute Gasteiger partial charge is 0.202 e. The molecule has 1 aromatic heterocycles. The third-order valence-corrected chi connectivity index (χ3v) is 8.40. The van der Waals surface area contributed by atoms with E-state index in [0.717, 1.165) is 26.5 Å². The summed E-state index contributed by atoms with van der Waals surface area (Å²) in [7, 11) is 0.